The Labute approximate surface area is 159 Å². The van der Waals surface area contributed by atoms with Crippen LogP contribution in [-0.2, 0) is 21.4 Å². The Hall–Kier alpha value is -2.69. The van der Waals surface area contributed by atoms with E-state index in [-0.39, 0.29) is 33.9 Å². The zero-order valence-electron chi connectivity index (χ0n) is 14.2. The van der Waals surface area contributed by atoms with Gasteiger partial charge in [0.05, 0.1) is 21.7 Å². The molecule has 0 saturated heterocycles. The van der Waals surface area contributed by atoms with Crippen molar-refractivity contribution in [3.05, 3.63) is 53.1 Å². The molecule has 0 saturated carbocycles. The molecule has 0 N–H and O–H groups in total. The minimum absolute atomic E-state index is 0.0444. The van der Waals surface area contributed by atoms with E-state index in [2.05, 4.69) is 10.2 Å². The first-order chi connectivity index (χ1) is 12.8. The number of esters is 1. The van der Waals surface area contributed by atoms with E-state index < -0.39 is 16.0 Å². The molecule has 0 aliphatic rings. The number of sulfonamides is 1. The van der Waals surface area contributed by atoms with Gasteiger partial charge in [-0.1, -0.05) is 11.6 Å². The molecule has 3 rings (SSSR count). The topological polar surface area (TPSA) is 116 Å². The van der Waals surface area contributed by atoms with Gasteiger partial charge in [0.25, 0.3) is 11.8 Å². The molecule has 11 heteroatoms. The Bertz CT molecular complexity index is 1060. The summed E-state index contributed by atoms with van der Waals surface area (Å²) in [5, 5.41) is 7.59. The number of benzene rings is 1. The summed E-state index contributed by atoms with van der Waals surface area (Å²) in [6.45, 7) is -0.312. The molecule has 0 aliphatic heterocycles. The lowest BCUT2D eigenvalue weighted by atomic mass is 10.2. The minimum Gasteiger partial charge on any atom is -0.459 e. The van der Waals surface area contributed by atoms with Gasteiger partial charge in [-0.3, -0.25) is 0 Å². The van der Waals surface area contributed by atoms with Crippen LogP contribution in [0.15, 0.2) is 50.3 Å². The molecule has 9 nitrogen and oxygen atoms in total. The molecule has 0 atom stereocenters. The third-order valence-corrected chi connectivity index (χ3v) is 5.60. The van der Waals surface area contributed by atoms with Crippen molar-refractivity contribution < 1.29 is 26.8 Å². The van der Waals surface area contributed by atoms with E-state index >= 15 is 0 Å². The third-order valence-electron chi connectivity index (χ3n) is 3.46. The molecule has 0 radical (unpaired) electrons. The number of carbonyl (C=O) groups excluding carboxylic acids is 1. The molecular weight excluding hydrogens is 398 g/mol. The summed E-state index contributed by atoms with van der Waals surface area (Å²) in [7, 11) is -0.957. The van der Waals surface area contributed by atoms with E-state index in [1.165, 1.54) is 32.5 Å². The molecule has 142 valence electrons. The second-order valence-corrected chi connectivity index (χ2v) is 8.04. The van der Waals surface area contributed by atoms with Crippen LogP contribution in [0.2, 0.25) is 5.02 Å². The number of hydrogen-bond acceptors (Lipinski definition) is 8. The number of hydrogen-bond donors (Lipinski definition) is 0. The first-order valence-corrected chi connectivity index (χ1v) is 9.36. The smallest absolute Gasteiger partial charge is 0.340 e. The highest BCUT2D eigenvalue weighted by Gasteiger charge is 2.22. The first kappa shape index (κ1) is 19.1. The average molecular weight is 412 g/mol. The van der Waals surface area contributed by atoms with E-state index in [1.54, 1.807) is 12.1 Å². The monoisotopic (exact) mass is 411 g/mol. The lowest BCUT2D eigenvalue weighted by Gasteiger charge is -2.12. The van der Waals surface area contributed by atoms with Crippen LogP contribution in [0.1, 0.15) is 16.2 Å². The Morgan fingerprint density at radius 1 is 1.26 bits per heavy atom. The second kappa shape index (κ2) is 7.51. The van der Waals surface area contributed by atoms with Crippen LogP contribution in [0.5, 0.6) is 0 Å². The van der Waals surface area contributed by atoms with Crippen LogP contribution in [0, 0.1) is 0 Å². The van der Waals surface area contributed by atoms with Gasteiger partial charge in [-0.25, -0.2) is 17.5 Å². The molecule has 2 aromatic heterocycles. The van der Waals surface area contributed by atoms with Gasteiger partial charge < -0.3 is 13.6 Å². The highest BCUT2D eigenvalue weighted by molar-refractivity contribution is 7.89. The number of carbonyl (C=O) groups is 1. The van der Waals surface area contributed by atoms with Crippen LogP contribution in [0.4, 0.5) is 0 Å². The molecule has 1 aromatic carbocycles. The fraction of sp³-hybridized carbons (Fsp3) is 0.188. The molecule has 0 amide bonds. The van der Waals surface area contributed by atoms with Crippen molar-refractivity contribution in [2.75, 3.05) is 14.1 Å². The summed E-state index contributed by atoms with van der Waals surface area (Å²) in [4.78, 5) is 12.2. The fourth-order valence-electron chi connectivity index (χ4n) is 2.05. The number of furan rings is 1. The maximum Gasteiger partial charge on any atom is 0.340 e. The number of nitrogens with zero attached hydrogens (tertiary/aromatic N) is 3. The fourth-order valence-corrected chi connectivity index (χ4v) is 3.17. The molecule has 3 aromatic rings. The number of rotatable bonds is 6. The number of aromatic nitrogens is 2. The minimum atomic E-state index is -3.72. The standard InChI is InChI=1S/C16H14ClN3O6S/c1-20(2)27(22,23)10-5-6-12(17)11(8-10)16(21)25-9-14-18-19-15(26-14)13-4-3-7-24-13/h3-8H,9H2,1-2H3. The van der Waals surface area contributed by atoms with Crippen LogP contribution >= 0.6 is 11.6 Å². The maximum absolute atomic E-state index is 12.3. The van der Waals surface area contributed by atoms with Gasteiger partial charge in [-0.05, 0) is 30.3 Å². The van der Waals surface area contributed by atoms with Crippen LogP contribution < -0.4 is 0 Å². The molecule has 0 spiro atoms. The Morgan fingerprint density at radius 2 is 2.04 bits per heavy atom. The van der Waals surface area contributed by atoms with Crippen LogP contribution in [-0.4, -0.2) is 43.0 Å². The van der Waals surface area contributed by atoms with Crippen molar-refractivity contribution in [2.45, 2.75) is 11.5 Å². The third kappa shape index (κ3) is 4.02. The Balaban J connectivity index is 1.75. The van der Waals surface area contributed by atoms with Gasteiger partial charge in [-0.15, -0.1) is 10.2 Å². The quantitative estimate of drug-likeness (QED) is 0.568. The predicted molar refractivity (Wildman–Crippen MR) is 93.4 cm³/mol. The molecule has 2 heterocycles. The van der Waals surface area contributed by atoms with Gasteiger partial charge in [0.1, 0.15) is 0 Å². The van der Waals surface area contributed by atoms with Gasteiger partial charge in [0.15, 0.2) is 12.4 Å². The summed E-state index contributed by atoms with van der Waals surface area (Å²) < 4.78 is 41.0. The van der Waals surface area contributed by atoms with Crippen molar-refractivity contribution in [2.24, 2.45) is 0 Å². The summed E-state index contributed by atoms with van der Waals surface area (Å²) in [6, 6.07) is 7.08. The largest absolute Gasteiger partial charge is 0.459 e. The van der Waals surface area contributed by atoms with E-state index in [1.807, 2.05) is 0 Å². The average Bonchev–Trinajstić information content (AvgIpc) is 3.31. The number of ether oxygens (including phenoxy) is 1. The zero-order valence-corrected chi connectivity index (χ0v) is 15.8. The van der Waals surface area contributed by atoms with E-state index in [4.69, 9.17) is 25.2 Å². The summed E-state index contributed by atoms with van der Waals surface area (Å²) in [5.41, 5.74) is -0.0923. The normalized spacial score (nSPS) is 11.7. The van der Waals surface area contributed by atoms with Gasteiger partial charge in [0, 0.05) is 14.1 Å². The summed E-state index contributed by atoms with van der Waals surface area (Å²) in [6.07, 6.45) is 1.45. The highest BCUT2D eigenvalue weighted by atomic mass is 35.5. The zero-order chi connectivity index (χ0) is 19.6. The SMILES string of the molecule is CN(C)S(=O)(=O)c1ccc(Cl)c(C(=O)OCc2nnc(-c3ccco3)o2)c1. The summed E-state index contributed by atoms with van der Waals surface area (Å²) in [5.74, 6) is -0.260. The molecule has 0 bridgehead atoms. The van der Waals surface area contributed by atoms with Gasteiger partial charge in [-0.2, -0.15) is 0 Å². The second-order valence-electron chi connectivity index (χ2n) is 5.48. The Morgan fingerprint density at radius 3 is 2.70 bits per heavy atom. The molecule has 0 fully saturated rings. The highest BCUT2D eigenvalue weighted by Crippen LogP contribution is 2.23. The predicted octanol–water partition coefficient (Wildman–Crippen LogP) is 2.59. The van der Waals surface area contributed by atoms with Crippen molar-refractivity contribution in [3.63, 3.8) is 0 Å². The lowest BCUT2D eigenvalue weighted by molar-refractivity contribution is 0.0438. The number of halogens is 1. The van der Waals surface area contributed by atoms with Gasteiger partial charge in [0.2, 0.25) is 10.0 Å². The van der Waals surface area contributed by atoms with Gasteiger partial charge >= 0.3 is 5.97 Å². The lowest BCUT2D eigenvalue weighted by Crippen LogP contribution is -2.22. The molecule has 27 heavy (non-hydrogen) atoms. The van der Waals surface area contributed by atoms with Crippen molar-refractivity contribution in [3.8, 4) is 11.7 Å². The Kier molecular flexibility index (Phi) is 5.31. The van der Waals surface area contributed by atoms with Crippen molar-refractivity contribution >= 4 is 27.6 Å². The van der Waals surface area contributed by atoms with Crippen molar-refractivity contribution in [1.82, 2.24) is 14.5 Å². The van der Waals surface area contributed by atoms with E-state index in [9.17, 15) is 13.2 Å². The first-order valence-electron chi connectivity index (χ1n) is 7.54. The molecule has 0 aliphatic carbocycles. The molecular formula is C16H14ClN3O6S. The van der Waals surface area contributed by atoms with E-state index in [0.29, 0.717) is 5.76 Å². The summed E-state index contributed by atoms with van der Waals surface area (Å²) >= 11 is 6.00. The maximum atomic E-state index is 12.3. The van der Waals surface area contributed by atoms with E-state index in [0.717, 1.165) is 10.4 Å². The molecule has 0 unspecified atom stereocenters. The van der Waals surface area contributed by atoms with Crippen LogP contribution in [0.25, 0.3) is 11.7 Å². The van der Waals surface area contributed by atoms with Crippen LogP contribution in [0.3, 0.4) is 0 Å². The van der Waals surface area contributed by atoms with Crippen molar-refractivity contribution in [1.29, 1.82) is 0 Å².